The van der Waals surface area contributed by atoms with E-state index in [-0.39, 0.29) is 5.91 Å². The summed E-state index contributed by atoms with van der Waals surface area (Å²) in [6.45, 7) is 6.55. The van der Waals surface area contributed by atoms with Crippen molar-refractivity contribution in [1.82, 2.24) is 9.80 Å². The van der Waals surface area contributed by atoms with Crippen molar-refractivity contribution < 1.29 is 4.79 Å². The molecule has 2 aliphatic rings. The van der Waals surface area contributed by atoms with Crippen molar-refractivity contribution in [3.8, 4) is 0 Å². The van der Waals surface area contributed by atoms with Crippen molar-refractivity contribution in [3.05, 3.63) is 35.9 Å². The van der Waals surface area contributed by atoms with E-state index in [0.717, 1.165) is 38.5 Å². The van der Waals surface area contributed by atoms with Crippen LogP contribution in [0, 0.1) is 11.8 Å². The molecule has 0 aromatic heterocycles. The molecule has 2 fully saturated rings. The summed E-state index contributed by atoms with van der Waals surface area (Å²) in [7, 11) is 0. The molecule has 0 radical (unpaired) electrons. The third-order valence-corrected chi connectivity index (χ3v) is 5.43. The van der Waals surface area contributed by atoms with Gasteiger partial charge in [0.05, 0.1) is 0 Å². The molecule has 1 aromatic rings. The number of guanidine groups is 1. The lowest BCUT2D eigenvalue weighted by Gasteiger charge is -2.31. The summed E-state index contributed by atoms with van der Waals surface area (Å²) in [6.07, 6.45) is 3.88. The van der Waals surface area contributed by atoms with Gasteiger partial charge in [-0.1, -0.05) is 37.3 Å². The van der Waals surface area contributed by atoms with Crippen LogP contribution < -0.4 is 5.73 Å². The molecule has 1 aromatic carbocycles. The smallest absolute Gasteiger partial charge is 0.223 e. The van der Waals surface area contributed by atoms with Crippen LogP contribution in [0.2, 0.25) is 0 Å². The molecule has 5 heteroatoms. The van der Waals surface area contributed by atoms with Gasteiger partial charge in [-0.3, -0.25) is 9.79 Å². The molecular weight excluding hydrogens is 312 g/mol. The molecule has 2 saturated heterocycles. The number of piperidine rings is 1. The Morgan fingerprint density at radius 2 is 1.96 bits per heavy atom. The van der Waals surface area contributed by atoms with E-state index in [1.165, 1.54) is 18.4 Å². The van der Waals surface area contributed by atoms with Crippen LogP contribution >= 0.6 is 0 Å². The fourth-order valence-corrected chi connectivity index (χ4v) is 3.66. The van der Waals surface area contributed by atoms with Gasteiger partial charge in [0, 0.05) is 45.1 Å². The number of carbonyl (C=O) groups excluding carboxylic acids is 1. The maximum absolute atomic E-state index is 12.2. The molecule has 0 aliphatic carbocycles. The summed E-state index contributed by atoms with van der Waals surface area (Å²) in [5.74, 6) is 1.99. The molecule has 25 heavy (non-hydrogen) atoms. The second-order valence-electron chi connectivity index (χ2n) is 7.51. The highest BCUT2D eigenvalue weighted by Gasteiger charge is 2.29. The first kappa shape index (κ1) is 17.8. The van der Waals surface area contributed by atoms with Crippen molar-refractivity contribution in [2.45, 2.75) is 32.6 Å². The maximum atomic E-state index is 12.2. The summed E-state index contributed by atoms with van der Waals surface area (Å²) in [5, 5.41) is 0. The van der Waals surface area contributed by atoms with Crippen LogP contribution in [0.25, 0.3) is 0 Å². The summed E-state index contributed by atoms with van der Waals surface area (Å²) in [4.78, 5) is 21.0. The zero-order chi connectivity index (χ0) is 17.6. The highest BCUT2D eigenvalue weighted by atomic mass is 16.2. The Bertz CT molecular complexity index is 593. The van der Waals surface area contributed by atoms with E-state index in [9.17, 15) is 4.79 Å². The molecule has 0 spiro atoms. The van der Waals surface area contributed by atoms with Crippen LogP contribution in [0.15, 0.2) is 35.3 Å². The first-order chi connectivity index (χ1) is 12.1. The lowest BCUT2D eigenvalue weighted by Crippen LogP contribution is -2.42. The van der Waals surface area contributed by atoms with Gasteiger partial charge in [-0.05, 0) is 30.7 Å². The van der Waals surface area contributed by atoms with Crippen LogP contribution in [0.3, 0.4) is 0 Å². The largest absolute Gasteiger partial charge is 0.370 e. The number of rotatable bonds is 5. The Kier molecular flexibility index (Phi) is 5.95. The lowest BCUT2D eigenvalue weighted by atomic mass is 10.00. The first-order valence-corrected chi connectivity index (χ1v) is 9.48. The molecule has 0 bridgehead atoms. The zero-order valence-corrected chi connectivity index (χ0v) is 15.2. The minimum atomic E-state index is 0.251. The van der Waals surface area contributed by atoms with Gasteiger partial charge in [0.1, 0.15) is 0 Å². The number of benzene rings is 1. The SMILES string of the molecule is CC1CCN(C(N)=NC[C@@H]2CC(=O)N(CCc3ccccc3)C2)CC1. The Morgan fingerprint density at radius 1 is 1.24 bits per heavy atom. The maximum Gasteiger partial charge on any atom is 0.223 e. The average molecular weight is 342 g/mol. The van der Waals surface area contributed by atoms with E-state index in [1.54, 1.807) is 0 Å². The molecule has 0 unspecified atom stereocenters. The average Bonchev–Trinajstić information content (AvgIpc) is 2.99. The van der Waals surface area contributed by atoms with Crippen molar-refractivity contribution in [3.63, 3.8) is 0 Å². The van der Waals surface area contributed by atoms with E-state index >= 15 is 0 Å². The summed E-state index contributed by atoms with van der Waals surface area (Å²) < 4.78 is 0. The molecule has 3 rings (SSSR count). The van der Waals surface area contributed by atoms with Crippen molar-refractivity contribution in [2.24, 2.45) is 22.6 Å². The highest BCUT2D eigenvalue weighted by Crippen LogP contribution is 2.19. The van der Waals surface area contributed by atoms with Crippen molar-refractivity contribution >= 4 is 11.9 Å². The molecule has 2 aliphatic heterocycles. The fraction of sp³-hybridized carbons (Fsp3) is 0.600. The topological polar surface area (TPSA) is 61.9 Å². The molecule has 0 saturated carbocycles. The van der Waals surface area contributed by atoms with Crippen LogP contribution in [0.1, 0.15) is 31.7 Å². The Hall–Kier alpha value is -2.04. The predicted molar refractivity (Wildman–Crippen MR) is 101 cm³/mol. The van der Waals surface area contributed by atoms with Gasteiger partial charge in [0.25, 0.3) is 0 Å². The minimum absolute atomic E-state index is 0.251. The third kappa shape index (κ3) is 4.97. The fourth-order valence-electron chi connectivity index (χ4n) is 3.66. The summed E-state index contributed by atoms with van der Waals surface area (Å²) >= 11 is 0. The van der Waals surface area contributed by atoms with E-state index in [1.807, 2.05) is 23.1 Å². The van der Waals surface area contributed by atoms with Crippen molar-refractivity contribution in [1.29, 1.82) is 0 Å². The molecule has 136 valence electrons. The van der Waals surface area contributed by atoms with Crippen LogP contribution in [0.5, 0.6) is 0 Å². The normalized spacial score (nSPS) is 22.7. The zero-order valence-electron chi connectivity index (χ0n) is 15.2. The first-order valence-electron chi connectivity index (χ1n) is 9.48. The number of likely N-dealkylation sites (tertiary alicyclic amines) is 2. The Morgan fingerprint density at radius 3 is 2.68 bits per heavy atom. The number of nitrogens with zero attached hydrogens (tertiary/aromatic N) is 3. The molecular formula is C20H30N4O. The van der Waals surface area contributed by atoms with Crippen LogP contribution in [-0.2, 0) is 11.2 Å². The minimum Gasteiger partial charge on any atom is -0.370 e. The summed E-state index contributed by atoms with van der Waals surface area (Å²) in [5.41, 5.74) is 7.43. The second kappa shape index (κ2) is 8.37. The molecule has 2 N–H and O–H groups in total. The summed E-state index contributed by atoms with van der Waals surface area (Å²) in [6, 6.07) is 10.3. The van der Waals surface area contributed by atoms with Crippen LogP contribution in [-0.4, -0.2) is 54.4 Å². The number of hydrogen-bond acceptors (Lipinski definition) is 2. The molecule has 1 amide bonds. The monoisotopic (exact) mass is 342 g/mol. The van der Waals surface area contributed by atoms with Crippen LogP contribution in [0.4, 0.5) is 0 Å². The lowest BCUT2D eigenvalue weighted by molar-refractivity contribution is -0.127. The molecule has 2 heterocycles. The van der Waals surface area contributed by atoms with E-state index in [0.29, 0.717) is 24.8 Å². The predicted octanol–water partition coefficient (Wildman–Crippen LogP) is 2.12. The Labute approximate surface area is 150 Å². The van der Waals surface area contributed by atoms with Gasteiger partial charge in [-0.25, -0.2) is 0 Å². The van der Waals surface area contributed by atoms with E-state index in [2.05, 4.69) is 28.9 Å². The third-order valence-electron chi connectivity index (χ3n) is 5.43. The quantitative estimate of drug-likeness (QED) is 0.659. The molecule has 5 nitrogen and oxygen atoms in total. The van der Waals surface area contributed by atoms with Gasteiger partial charge < -0.3 is 15.5 Å². The number of amides is 1. The molecule has 1 atom stereocenters. The van der Waals surface area contributed by atoms with Gasteiger partial charge >= 0.3 is 0 Å². The van der Waals surface area contributed by atoms with Gasteiger partial charge in [-0.15, -0.1) is 0 Å². The Balaban J connectivity index is 1.45. The number of aliphatic imine (C=N–C) groups is 1. The number of hydrogen-bond donors (Lipinski definition) is 1. The number of nitrogens with two attached hydrogens (primary N) is 1. The van der Waals surface area contributed by atoms with E-state index < -0.39 is 0 Å². The number of carbonyl (C=O) groups is 1. The van der Waals surface area contributed by atoms with Crippen molar-refractivity contribution in [2.75, 3.05) is 32.7 Å². The van der Waals surface area contributed by atoms with E-state index in [4.69, 9.17) is 5.73 Å². The highest BCUT2D eigenvalue weighted by molar-refractivity contribution is 5.79. The van der Waals surface area contributed by atoms with Gasteiger partial charge in [0.15, 0.2) is 5.96 Å². The second-order valence-corrected chi connectivity index (χ2v) is 7.51. The van der Waals surface area contributed by atoms with Gasteiger partial charge in [0.2, 0.25) is 5.91 Å². The van der Waals surface area contributed by atoms with Gasteiger partial charge in [-0.2, -0.15) is 0 Å². The standard InChI is InChI=1S/C20H30N4O/c1-16-7-10-23(11-8-16)20(21)22-14-18-13-19(25)24(15-18)12-9-17-5-3-2-4-6-17/h2-6,16,18H,7-15H2,1H3,(H2,21,22)/t18-/m0/s1.